The number of pyridine rings is 1. The molecule has 0 amide bonds. The van der Waals surface area contributed by atoms with Crippen molar-refractivity contribution in [1.82, 2.24) is 4.98 Å². The van der Waals surface area contributed by atoms with E-state index in [-0.39, 0.29) is 5.02 Å². The number of nitrogens with one attached hydrogen (secondary N) is 1. The largest absolute Gasteiger partial charge is 0.384 e. The molecular formula is C15H16ClFN2. The van der Waals surface area contributed by atoms with Gasteiger partial charge in [-0.1, -0.05) is 18.5 Å². The third-order valence-corrected chi connectivity index (χ3v) is 3.72. The summed E-state index contributed by atoms with van der Waals surface area (Å²) in [7, 11) is 0. The van der Waals surface area contributed by atoms with Crippen LogP contribution in [0.3, 0.4) is 0 Å². The van der Waals surface area contributed by atoms with E-state index < -0.39 is 5.82 Å². The molecule has 1 aliphatic rings. The summed E-state index contributed by atoms with van der Waals surface area (Å²) in [5.41, 5.74) is 2.76. The highest BCUT2D eigenvalue weighted by Gasteiger charge is 2.26. The summed E-state index contributed by atoms with van der Waals surface area (Å²) in [6.07, 6.45) is 3.40. The molecule has 3 rings (SSSR count). The first-order valence-corrected chi connectivity index (χ1v) is 7.10. The number of fused-ring (bicyclic) bond motifs is 1. The molecule has 4 heteroatoms. The third-order valence-electron chi connectivity index (χ3n) is 3.43. The maximum atomic E-state index is 13.6. The van der Waals surface area contributed by atoms with Crippen LogP contribution in [0.4, 0.5) is 10.1 Å². The lowest BCUT2D eigenvalue weighted by Crippen LogP contribution is -2.02. The third kappa shape index (κ3) is 2.52. The SMILES string of the molecule is CCCNc1cc(C2CC2)nc2cc(F)c(Cl)cc12. The number of benzene rings is 1. The quantitative estimate of drug-likeness (QED) is 0.875. The Morgan fingerprint density at radius 1 is 1.37 bits per heavy atom. The molecule has 2 nitrogen and oxygen atoms in total. The number of hydrogen-bond acceptors (Lipinski definition) is 2. The van der Waals surface area contributed by atoms with Crippen LogP contribution in [0.15, 0.2) is 18.2 Å². The van der Waals surface area contributed by atoms with Crippen molar-refractivity contribution < 1.29 is 4.39 Å². The van der Waals surface area contributed by atoms with E-state index in [9.17, 15) is 4.39 Å². The minimum absolute atomic E-state index is 0.146. The van der Waals surface area contributed by atoms with Crippen LogP contribution >= 0.6 is 11.6 Å². The zero-order valence-corrected chi connectivity index (χ0v) is 11.6. The van der Waals surface area contributed by atoms with Crippen molar-refractivity contribution in [2.45, 2.75) is 32.1 Å². The molecule has 0 bridgehead atoms. The number of rotatable bonds is 4. The maximum absolute atomic E-state index is 13.6. The summed E-state index contributed by atoms with van der Waals surface area (Å²) in [6.45, 7) is 3.00. The summed E-state index contributed by atoms with van der Waals surface area (Å²) in [5, 5.41) is 4.43. The molecule has 0 spiro atoms. The zero-order valence-electron chi connectivity index (χ0n) is 10.8. The van der Waals surface area contributed by atoms with Gasteiger partial charge in [-0.2, -0.15) is 0 Å². The van der Waals surface area contributed by atoms with Gasteiger partial charge in [0.15, 0.2) is 0 Å². The van der Waals surface area contributed by atoms with E-state index in [1.165, 1.54) is 18.9 Å². The molecule has 1 aromatic carbocycles. The number of anilines is 1. The van der Waals surface area contributed by atoms with Crippen LogP contribution in [0.25, 0.3) is 10.9 Å². The van der Waals surface area contributed by atoms with E-state index >= 15 is 0 Å². The van der Waals surface area contributed by atoms with Crippen molar-refractivity contribution in [2.75, 3.05) is 11.9 Å². The van der Waals surface area contributed by atoms with E-state index in [1.54, 1.807) is 6.07 Å². The molecule has 1 aromatic heterocycles. The van der Waals surface area contributed by atoms with Crippen LogP contribution < -0.4 is 5.32 Å². The van der Waals surface area contributed by atoms with E-state index in [2.05, 4.69) is 23.3 Å². The molecule has 1 saturated carbocycles. The average molecular weight is 279 g/mol. The summed E-state index contributed by atoms with van der Waals surface area (Å²) in [4.78, 5) is 4.57. The highest BCUT2D eigenvalue weighted by molar-refractivity contribution is 6.31. The Hall–Kier alpha value is -1.35. The average Bonchev–Trinajstić information content (AvgIpc) is 3.22. The topological polar surface area (TPSA) is 24.9 Å². The lowest BCUT2D eigenvalue weighted by molar-refractivity contribution is 0.629. The van der Waals surface area contributed by atoms with Crippen molar-refractivity contribution in [1.29, 1.82) is 0 Å². The van der Waals surface area contributed by atoms with Gasteiger partial charge in [-0.05, 0) is 31.4 Å². The molecule has 2 aromatic rings. The predicted octanol–water partition coefficient (Wildman–Crippen LogP) is 4.73. The molecular weight excluding hydrogens is 263 g/mol. The summed E-state index contributed by atoms with van der Waals surface area (Å²) >= 11 is 5.88. The Morgan fingerprint density at radius 3 is 2.84 bits per heavy atom. The van der Waals surface area contributed by atoms with Crippen LogP contribution in [-0.2, 0) is 0 Å². The fourth-order valence-electron chi connectivity index (χ4n) is 2.24. The van der Waals surface area contributed by atoms with E-state index in [4.69, 9.17) is 11.6 Å². The Balaban J connectivity index is 2.14. The zero-order chi connectivity index (χ0) is 13.4. The van der Waals surface area contributed by atoms with Crippen LogP contribution in [0, 0.1) is 5.82 Å². The Bertz CT molecular complexity index is 623. The normalized spacial score (nSPS) is 14.9. The van der Waals surface area contributed by atoms with E-state index in [0.717, 1.165) is 29.7 Å². The van der Waals surface area contributed by atoms with Crippen LogP contribution in [0.2, 0.25) is 5.02 Å². The fourth-order valence-corrected chi connectivity index (χ4v) is 2.40. The van der Waals surface area contributed by atoms with E-state index in [0.29, 0.717) is 11.4 Å². The Labute approximate surface area is 117 Å². The monoisotopic (exact) mass is 278 g/mol. The molecule has 1 heterocycles. The first-order chi connectivity index (χ1) is 9.19. The second-order valence-corrected chi connectivity index (χ2v) is 5.49. The van der Waals surface area contributed by atoms with Crippen LogP contribution in [-0.4, -0.2) is 11.5 Å². The smallest absolute Gasteiger partial charge is 0.143 e. The molecule has 0 saturated heterocycles. The van der Waals surface area contributed by atoms with Crippen molar-refractivity contribution in [3.63, 3.8) is 0 Å². The molecule has 0 radical (unpaired) electrons. The van der Waals surface area contributed by atoms with Crippen molar-refractivity contribution in [3.8, 4) is 0 Å². The Morgan fingerprint density at radius 2 is 2.16 bits per heavy atom. The molecule has 0 unspecified atom stereocenters. The standard InChI is InChI=1S/C15H16ClFN2/c1-2-5-18-14-8-13(9-3-4-9)19-15-7-12(17)11(16)6-10(14)15/h6-9H,2-5H2,1H3,(H,18,19). The van der Waals surface area contributed by atoms with Gasteiger partial charge < -0.3 is 5.32 Å². The molecule has 0 aliphatic heterocycles. The minimum atomic E-state index is -0.406. The van der Waals surface area contributed by atoms with Gasteiger partial charge in [0.05, 0.1) is 10.5 Å². The van der Waals surface area contributed by atoms with Gasteiger partial charge in [0, 0.05) is 35.3 Å². The molecule has 1 fully saturated rings. The van der Waals surface area contributed by atoms with Crippen LogP contribution in [0.5, 0.6) is 0 Å². The van der Waals surface area contributed by atoms with Gasteiger partial charge in [0.1, 0.15) is 5.82 Å². The molecule has 0 atom stereocenters. The van der Waals surface area contributed by atoms with Crippen molar-refractivity contribution in [3.05, 3.63) is 34.7 Å². The molecule has 1 N–H and O–H groups in total. The predicted molar refractivity (Wildman–Crippen MR) is 77.5 cm³/mol. The fraction of sp³-hybridized carbons (Fsp3) is 0.400. The second-order valence-electron chi connectivity index (χ2n) is 5.08. The first kappa shape index (κ1) is 12.7. The lowest BCUT2D eigenvalue weighted by atomic mass is 10.1. The van der Waals surface area contributed by atoms with Crippen molar-refractivity contribution >= 4 is 28.2 Å². The van der Waals surface area contributed by atoms with E-state index in [1.807, 2.05) is 0 Å². The highest BCUT2D eigenvalue weighted by Crippen LogP contribution is 2.41. The Kier molecular flexibility index (Phi) is 3.31. The summed E-state index contributed by atoms with van der Waals surface area (Å²) < 4.78 is 13.6. The van der Waals surface area contributed by atoms with Gasteiger partial charge >= 0.3 is 0 Å². The number of hydrogen-bond donors (Lipinski definition) is 1. The second kappa shape index (κ2) is 4.97. The number of aromatic nitrogens is 1. The summed E-state index contributed by atoms with van der Waals surface area (Å²) in [6, 6.07) is 5.18. The van der Waals surface area contributed by atoms with Gasteiger partial charge in [0.2, 0.25) is 0 Å². The number of halogens is 2. The minimum Gasteiger partial charge on any atom is -0.384 e. The maximum Gasteiger partial charge on any atom is 0.143 e. The van der Waals surface area contributed by atoms with Gasteiger partial charge in [0.25, 0.3) is 0 Å². The molecule has 19 heavy (non-hydrogen) atoms. The van der Waals surface area contributed by atoms with Gasteiger partial charge in [-0.25, -0.2) is 4.39 Å². The van der Waals surface area contributed by atoms with Gasteiger partial charge in [-0.3, -0.25) is 4.98 Å². The number of nitrogens with zero attached hydrogens (tertiary/aromatic N) is 1. The first-order valence-electron chi connectivity index (χ1n) is 6.72. The van der Waals surface area contributed by atoms with Crippen molar-refractivity contribution in [2.24, 2.45) is 0 Å². The lowest BCUT2D eigenvalue weighted by Gasteiger charge is -2.12. The molecule has 1 aliphatic carbocycles. The highest BCUT2D eigenvalue weighted by atomic mass is 35.5. The molecule has 100 valence electrons. The van der Waals surface area contributed by atoms with Gasteiger partial charge in [-0.15, -0.1) is 0 Å². The van der Waals surface area contributed by atoms with Crippen LogP contribution in [0.1, 0.15) is 37.8 Å². The summed E-state index contributed by atoms with van der Waals surface area (Å²) in [5.74, 6) is 0.140.